The summed E-state index contributed by atoms with van der Waals surface area (Å²) in [5, 5.41) is 8.80. The summed E-state index contributed by atoms with van der Waals surface area (Å²) in [6.07, 6.45) is -4.87. The highest BCUT2D eigenvalue weighted by Gasteiger charge is 2.47. The number of ether oxygens (including phenoxy) is 2. The van der Waals surface area contributed by atoms with Crippen molar-refractivity contribution in [1.82, 2.24) is 20.1 Å². The fraction of sp³-hybridized carbons (Fsp3) is 0.364. The number of carbonyl (C=O) groups is 2. The lowest BCUT2D eigenvalue weighted by Crippen LogP contribution is -2.37. The number of nitrogens with one attached hydrogen (secondary N) is 1. The molecule has 1 aliphatic rings. The van der Waals surface area contributed by atoms with E-state index in [9.17, 15) is 27.2 Å². The maximum Gasteiger partial charge on any atom is 0.418 e. The van der Waals surface area contributed by atoms with Crippen LogP contribution < -0.4 is 11.1 Å². The lowest BCUT2D eigenvalue weighted by Gasteiger charge is -2.33. The molecule has 3 N–H and O–H groups in total. The van der Waals surface area contributed by atoms with Gasteiger partial charge in [-0.3, -0.25) is 4.57 Å². The molecule has 0 saturated carbocycles. The minimum absolute atomic E-state index is 0.156. The fourth-order valence-electron chi connectivity index (χ4n) is 3.89. The van der Waals surface area contributed by atoms with Gasteiger partial charge in [-0.15, -0.1) is 10.2 Å². The number of rotatable bonds is 7. The van der Waals surface area contributed by atoms with Crippen LogP contribution in [0.3, 0.4) is 0 Å². The number of esters is 2. The molecule has 3 rings (SSSR count). The molecular weight excluding hydrogens is 529 g/mol. The Morgan fingerprint density at radius 1 is 1.22 bits per heavy atom. The summed E-state index contributed by atoms with van der Waals surface area (Å²) in [6.45, 7) is 1.11. The summed E-state index contributed by atoms with van der Waals surface area (Å²) in [6, 6.07) is 1.32. The van der Waals surface area contributed by atoms with Crippen molar-refractivity contribution < 1.29 is 41.0 Å². The van der Waals surface area contributed by atoms with Crippen molar-refractivity contribution in [3.63, 3.8) is 0 Å². The number of nitrogen functional groups attached to an aromatic ring is 1. The third kappa shape index (κ3) is 5.53. The number of hydrogen-bond donors (Lipinski definition) is 2. The third-order valence-corrected chi connectivity index (χ3v) is 5.63. The van der Waals surface area contributed by atoms with Gasteiger partial charge in [-0.2, -0.15) is 13.2 Å². The molecule has 0 spiro atoms. The summed E-state index contributed by atoms with van der Waals surface area (Å²) in [4.78, 5) is 26.1. The van der Waals surface area contributed by atoms with Gasteiger partial charge in [-0.05, 0) is 26.0 Å². The van der Waals surface area contributed by atoms with Crippen molar-refractivity contribution in [2.45, 2.75) is 38.6 Å². The summed E-state index contributed by atoms with van der Waals surface area (Å²) >= 11 is 5.84. The molecule has 1 aliphatic heterocycles. The highest BCUT2D eigenvalue weighted by atomic mass is 35.5. The minimum Gasteiger partial charge on any atom is -0.466 e. The topological polar surface area (TPSA) is 121 Å². The number of alkyl halides is 4. The van der Waals surface area contributed by atoms with E-state index in [1.165, 1.54) is 18.4 Å². The van der Waals surface area contributed by atoms with Gasteiger partial charge in [0.1, 0.15) is 18.8 Å². The van der Waals surface area contributed by atoms with E-state index in [1.807, 2.05) is 0 Å². The van der Waals surface area contributed by atoms with Crippen molar-refractivity contribution in [3.8, 4) is 0 Å². The van der Waals surface area contributed by atoms with Crippen molar-refractivity contribution in [2.24, 2.45) is 0 Å². The average Bonchev–Trinajstić information content (AvgIpc) is 3.21. The second kappa shape index (κ2) is 10.7. The van der Waals surface area contributed by atoms with Crippen LogP contribution in [-0.2, 0) is 31.8 Å². The molecule has 0 bridgehead atoms. The van der Waals surface area contributed by atoms with Gasteiger partial charge in [0.05, 0.1) is 53.1 Å². The third-order valence-electron chi connectivity index (χ3n) is 5.32. The first-order chi connectivity index (χ1) is 17.3. The van der Waals surface area contributed by atoms with Gasteiger partial charge >= 0.3 is 18.1 Å². The van der Waals surface area contributed by atoms with Crippen molar-refractivity contribution in [1.29, 1.82) is 0 Å². The van der Waals surface area contributed by atoms with Crippen molar-refractivity contribution in [2.75, 3.05) is 19.5 Å². The second-order valence-corrected chi connectivity index (χ2v) is 8.46. The van der Waals surface area contributed by atoms with Crippen LogP contribution in [0.4, 0.5) is 27.9 Å². The highest BCUT2D eigenvalue weighted by molar-refractivity contribution is 6.31. The average molecular weight is 550 g/mol. The van der Waals surface area contributed by atoms with Crippen LogP contribution >= 0.6 is 11.6 Å². The minimum atomic E-state index is -5.23. The largest absolute Gasteiger partial charge is 0.466 e. The summed E-state index contributed by atoms with van der Waals surface area (Å²) in [5.74, 6) is -6.26. The van der Waals surface area contributed by atoms with Gasteiger partial charge in [0.2, 0.25) is 5.95 Å². The molecule has 0 saturated heterocycles. The van der Waals surface area contributed by atoms with E-state index in [4.69, 9.17) is 22.1 Å². The first kappa shape index (κ1) is 27.9. The molecule has 37 heavy (non-hydrogen) atoms. The zero-order valence-corrected chi connectivity index (χ0v) is 20.4. The highest BCUT2D eigenvalue weighted by Crippen LogP contribution is 2.48. The lowest BCUT2D eigenvalue weighted by molar-refractivity contribution is -0.144. The molecule has 0 fully saturated rings. The molecule has 9 nitrogen and oxygen atoms in total. The van der Waals surface area contributed by atoms with Gasteiger partial charge in [0, 0.05) is 11.3 Å². The number of allylic oxidation sites excluding steroid dienone is 2. The number of methoxy groups -OCH3 is 1. The molecule has 1 aromatic heterocycles. The Morgan fingerprint density at radius 2 is 1.86 bits per heavy atom. The molecule has 0 amide bonds. The van der Waals surface area contributed by atoms with Crippen LogP contribution in [0.1, 0.15) is 30.9 Å². The maximum absolute atomic E-state index is 15.3. The predicted octanol–water partition coefficient (Wildman–Crippen LogP) is 3.66. The standard InChI is InChI=1S/C22H21ClF5N5O4/c1-9(2)37-20(35)16-13(7-33-8-30-32-21(33)29)31-12(6-24)15(19(34)36-3)17(16)14-11(25)5-4-10(23)18(14)22(26,27)28/h4-5,8-9,17,31H,6-7H2,1-3H3,(H2,29,32). The van der Waals surface area contributed by atoms with E-state index in [0.717, 1.165) is 13.4 Å². The van der Waals surface area contributed by atoms with E-state index in [1.54, 1.807) is 0 Å². The Morgan fingerprint density at radius 3 is 2.38 bits per heavy atom. The molecule has 1 atom stereocenters. The smallest absolute Gasteiger partial charge is 0.418 e. The molecule has 2 aromatic rings. The van der Waals surface area contributed by atoms with Gasteiger partial charge in [-0.25, -0.2) is 18.4 Å². The van der Waals surface area contributed by atoms with Crippen LogP contribution in [-0.4, -0.2) is 46.6 Å². The Bertz CT molecular complexity index is 1290. The summed E-state index contributed by atoms with van der Waals surface area (Å²) < 4.78 is 83.2. The second-order valence-electron chi connectivity index (χ2n) is 8.05. The van der Waals surface area contributed by atoms with Crippen molar-refractivity contribution in [3.05, 3.63) is 63.0 Å². The van der Waals surface area contributed by atoms with E-state index in [2.05, 4.69) is 20.3 Å². The SMILES string of the molecule is COC(=O)C1=C(CF)NC(Cn2cnnc2N)=C(C(=O)OC(C)C)C1c1c(F)ccc(Cl)c1C(F)(F)F. The molecule has 0 aliphatic carbocycles. The maximum atomic E-state index is 15.3. The predicted molar refractivity (Wildman–Crippen MR) is 120 cm³/mol. The number of benzene rings is 1. The molecule has 1 aromatic carbocycles. The molecule has 15 heteroatoms. The van der Waals surface area contributed by atoms with Crippen LogP contribution in [0, 0.1) is 5.82 Å². The van der Waals surface area contributed by atoms with Gasteiger partial charge in [-0.1, -0.05) is 11.6 Å². The summed E-state index contributed by atoms with van der Waals surface area (Å²) in [5.41, 5.74) is 0.701. The zero-order chi connectivity index (χ0) is 27.7. The number of halogens is 6. The lowest BCUT2D eigenvalue weighted by atomic mass is 9.77. The molecule has 2 heterocycles. The van der Waals surface area contributed by atoms with E-state index in [0.29, 0.717) is 12.1 Å². The molecule has 1 unspecified atom stereocenters. The number of aromatic nitrogens is 3. The fourth-order valence-corrected chi connectivity index (χ4v) is 4.16. The van der Waals surface area contributed by atoms with Crippen LogP contribution in [0.15, 0.2) is 41.0 Å². The van der Waals surface area contributed by atoms with E-state index in [-0.39, 0.29) is 11.6 Å². The molecular formula is C22H21ClF5N5O4. The van der Waals surface area contributed by atoms with Crippen molar-refractivity contribution >= 4 is 29.5 Å². The first-order valence-electron chi connectivity index (χ1n) is 10.6. The number of dihydropyridines is 1. The van der Waals surface area contributed by atoms with Gasteiger partial charge < -0.3 is 20.5 Å². The first-order valence-corrected chi connectivity index (χ1v) is 11.0. The molecule has 0 radical (unpaired) electrons. The van der Waals surface area contributed by atoms with E-state index < -0.39 is 82.2 Å². The number of carbonyl (C=O) groups excluding carboxylic acids is 2. The Labute approximate surface area is 212 Å². The molecule has 200 valence electrons. The number of hydrogen-bond acceptors (Lipinski definition) is 8. The van der Waals surface area contributed by atoms with Gasteiger partial charge in [0.25, 0.3) is 0 Å². The number of anilines is 1. The summed E-state index contributed by atoms with van der Waals surface area (Å²) in [7, 11) is 0.893. The monoisotopic (exact) mass is 549 g/mol. The van der Waals surface area contributed by atoms with Crippen LogP contribution in [0.5, 0.6) is 0 Å². The number of nitrogens with two attached hydrogens (primary N) is 1. The Hall–Kier alpha value is -3.68. The van der Waals surface area contributed by atoms with E-state index >= 15 is 4.39 Å². The van der Waals surface area contributed by atoms with Gasteiger partial charge in [0.15, 0.2) is 0 Å². The van der Waals surface area contributed by atoms with Crippen LogP contribution in [0.25, 0.3) is 0 Å². The number of nitrogens with zero attached hydrogens (tertiary/aromatic N) is 3. The zero-order valence-electron chi connectivity index (χ0n) is 19.6. The quantitative estimate of drug-likeness (QED) is 0.396. The normalized spacial score (nSPS) is 16.2. The Kier molecular flexibility index (Phi) is 8.10. The Balaban J connectivity index is 2.47. The van der Waals surface area contributed by atoms with Crippen LogP contribution in [0.2, 0.25) is 5.02 Å².